The van der Waals surface area contributed by atoms with Gasteiger partial charge in [0.15, 0.2) is 0 Å². The van der Waals surface area contributed by atoms with E-state index < -0.39 is 0 Å². The van der Waals surface area contributed by atoms with Crippen molar-refractivity contribution in [1.29, 1.82) is 0 Å². The van der Waals surface area contributed by atoms with Crippen molar-refractivity contribution in [3.63, 3.8) is 0 Å². The Morgan fingerprint density at radius 1 is 2.00 bits per heavy atom. The van der Waals surface area contributed by atoms with Crippen molar-refractivity contribution in [3.8, 4) is 0 Å². The third-order valence-electron chi connectivity index (χ3n) is 0.129. The summed E-state index contributed by atoms with van der Waals surface area (Å²) in [4.78, 5) is 0. The summed E-state index contributed by atoms with van der Waals surface area (Å²) in [6.45, 7) is -0.181. The van der Waals surface area contributed by atoms with Gasteiger partial charge in [0.1, 0.15) is 6.79 Å². The number of hydrogen-bond acceptors (Lipinski definition) is 2. The maximum absolute atomic E-state index is 7.65. The fourth-order valence-electron chi connectivity index (χ4n) is 0. The van der Waals surface area contributed by atoms with Crippen molar-refractivity contribution in [2.45, 2.75) is 0 Å². The quantitative estimate of drug-likeness (QED) is 0.267. The minimum absolute atomic E-state index is 0. The molecule has 0 radical (unpaired) electrons. The average Bonchev–Trinajstić information content (AvgIpc) is 1.37. The van der Waals surface area contributed by atoms with E-state index in [0.29, 0.717) is 0 Å². The first kappa shape index (κ1) is 9.33. The Labute approximate surface area is 54.9 Å². The predicted molar refractivity (Wildman–Crippen MR) is 15.2 cm³/mol. The molecule has 0 saturated heterocycles. The van der Waals surface area contributed by atoms with Gasteiger partial charge in [0.05, 0.1) is 0 Å². The molecule has 0 rings (SSSR count). The molecule has 0 spiro atoms. The van der Waals surface area contributed by atoms with Crippen molar-refractivity contribution in [2.75, 3.05) is 13.9 Å². The van der Waals surface area contributed by atoms with E-state index in [0.717, 1.165) is 0 Å². The van der Waals surface area contributed by atoms with E-state index in [1.54, 1.807) is 0 Å². The van der Waals surface area contributed by atoms with Crippen LogP contribution in [-0.2, 0) is 4.74 Å². The van der Waals surface area contributed by atoms with E-state index in [4.69, 9.17) is 5.11 Å². The van der Waals surface area contributed by atoms with E-state index >= 15 is 0 Å². The molecule has 0 aliphatic carbocycles. The van der Waals surface area contributed by atoms with Gasteiger partial charge >= 0.3 is 29.6 Å². The number of aliphatic hydroxyl groups is 1. The summed E-state index contributed by atoms with van der Waals surface area (Å²) >= 11 is 0. The van der Waals surface area contributed by atoms with Crippen LogP contribution in [0, 0.1) is 0 Å². The zero-order chi connectivity index (χ0) is 3.41. The van der Waals surface area contributed by atoms with Crippen molar-refractivity contribution in [3.05, 3.63) is 0 Å². The van der Waals surface area contributed by atoms with Gasteiger partial charge in [-0.25, -0.2) is 0 Å². The zero-order valence-corrected chi connectivity index (χ0v) is 5.56. The number of hydrogen-bond donors (Lipinski definition) is 1. The Hall–Kier alpha value is 0.920. The standard InChI is InChI=1S/C2H6O2.Na.H/c1-4-2-3;;/h3H,2H2,1H3;;/q;+1;-1. The second-order valence-electron chi connectivity index (χ2n) is 0.418. The van der Waals surface area contributed by atoms with Gasteiger partial charge in [-0.15, -0.1) is 0 Å². The molecule has 5 heavy (non-hydrogen) atoms. The normalized spacial score (nSPS) is 6.00. The van der Waals surface area contributed by atoms with Crippen LogP contribution in [0.5, 0.6) is 0 Å². The molecule has 0 aromatic heterocycles. The van der Waals surface area contributed by atoms with Gasteiger partial charge in [0.2, 0.25) is 0 Å². The van der Waals surface area contributed by atoms with E-state index in [1.807, 2.05) is 0 Å². The van der Waals surface area contributed by atoms with Crippen molar-refractivity contribution in [2.24, 2.45) is 0 Å². The minimum atomic E-state index is -0.181. The molecular weight excluding hydrogens is 79.0 g/mol. The summed E-state index contributed by atoms with van der Waals surface area (Å²) in [5.74, 6) is 0. The molecule has 2 nitrogen and oxygen atoms in total. The molecule has 0 aliphatic rings. The Balaban J connectivity index is -0.0000000450. The molecular formula is C2H7NaO2. The Morgan fingerprint density at radius 2 is 2.20 bits per heavy atom. The smallest absolute Gasteiger partial charge is 1.00 e. The van der Waals surface area contributed by atoms with Gasteiger partial charge in [0.25, 0.3) is 0 Å². The summed E-state index contributed by atoms with van der Waals surface area (Å²) in [5, 5.41) is 7.65. The third kappa shape index (κ3) is 11.4. The van der Waals surface area contributed by atoms with Crippen LogP contribution in [0.2, 0.25) is 0 Å². The molecule has 0 aromatic rings. The van der Waals surface area contributed by atoms with Crippen LogP contribution in [0.15, 0.2) is 0 Å². The first-order valence-electron chi connectivity index (χ1n) is 1.01. The molecule has 0 fully saturated rings. The number of aliphatic hydroxyl groups excluding tert-OH is 1. The van der Waals surface area contributed by atoms with E-state index in [9.17, 15) is 0 Å². The van der Waals surface area contributed by atoms with Crippen LogP contribution in [0.25, 0.3) is 0 Å². The minimum Gasteiger partial charge on any atom is -1.00 e. The molecule has 0 aromatic carbocycles. The topological polar surface area (TPSA) is 29.5 Å². The molecule has 0 aliphatic heterocycles. The molecule has 1 N–H and O–H groups in total. The molecule has 0 saturated carbocycles. The third-order valence-corrected chi connectivity index (χ3v) is 0.129. The first-order valence-corrected chi connectivity index (χ1v) is 1.01. The van der Waals surface area contributed by atoms with E-state index in [1.165, 1.54) is 7.11 Å². The summed E-state index contributed by atoms with van der Waals surface area (Å²) in [7, 11) is 1.43. The molecule has 0 heterocycles. The Bertz CT molecular complexity index is 13.5. The summed E-state index contributed by atoms with van der Waals surface area (Å²) in [6.07, 6.45) is 0. The summed E-state index contributed by atoms with van der Waals surface area (Å²) in [5.41, 5.74) is 0. The van der Waals surface area contributed by atoms with Gasteiger partial charge in [-0.1, -0.05) is 0 Å². The van der Waals surface area contributed by atoms with Crippen LogP contribution in [-0.4, -0.2) is 19.0 Å². The first-order chi connectivity index (χ1) is 1.91. The van der Waals surface area contributed by atoms with E-state index in [-0.39, 0.29) is 37.8 Å². The molecule has 0 unspecified atom stereocenters. The number of rotatable bonds is 1. The Kier molecular flexibility index (Phi) is 16.5. The van der Waals surface area contributed by atoms with Crippen LogP contribution in [0.3, 0.4) is 0 Å². The Morgan fingerprint density at radius 3 is 2.20 bits per heavy atom. The fourth-order valence-corrected chi connectivity index (χ4v) is 0. The second-order valence-corrected chi connectivity index (χ2v) is 0.418. The predicted octanol–water partition coefficient (Wildman–Crippen LogP) is -3.30. The van der Waals surface area contributed by atoms with Gasteiger partial charge in [-0.05, 0) is 0 Å². The molecule has 0 amide bonds. The SMILES string of the molecule is COCO.[H-].[Na+]. The van der Waals surface area contributed by atoms with E-state index in [2.05, 4.69) is 4.74 Å². The van der Waals surface area contributed by atoms with Crippen molar-refractivity contribution in [1.82, 2.24) is 0 Å². The fraction of sp³-hybridized carbons (Fsp3) is 1.00. The summed E-state index contributed by atoms with van der Waals surface area (Å²) in [6, 6.07) is 0. The van der Waals surface area contributed by atoms with Crippen LogP contribution in [0.1, 0.15) is 1.43 Å². The monoisotopic (exact) mass is 86.0 g/mol. The number of ether oxygens (including phenoxy) is 1. The molecule has 0 bridgehead atoms. The molecule has 3 heteroatoms. The van der Waals surface area contributed by atoms with Gasteiger partial charge < -0.3 is 11.3 Å². The zero-order valence-electron chi connectivity index (χ0n) is 4.56. The molecule has 0 atom stereocenters. The van der Waals surface area contributed by atoms with Crippen LogP contribution in [0.4, 0.5) is 0 Å². The maximum Gasteiger partial charge on any atom is 1.00 e. The van der Waals surface area contributed by atoms with Crippen molar-refractivity contribution < 1.29 is 40.8 Å². The average molecular weight is 86.1 g/mol. The maximum atomic E-state index is 7.65. The van der Waals surface area contributed by atoms with Gasteiger partial charge in [0, 0.05) is 7.11 Å². The largest absolute Gasteiger partial charge is 1.00 e. The van der Waals surface area contributed by atoms with Crippen LogP contribution >= 0.6 is 0 Å². The molecule has 28 valence electrons. The van der Waals surface area contributed by atoms with Gasteiger partial charge in [-0.2, -0.15) is 0 Å². The van der Waals surface area contributed by atoms with Gasteiger partial charge in [-0.3, -0.25) is 0 Å². The summed E-state index contributed by atoms with van der Waals surface area (Å²) < 4.78 is 4.10. The second kappa shape index (κ2) is 8.87. The van der Waals surface area contributed by atoms with Crippen molar-refractivity contribution >= 4 is 0 Å². The van der Waals surface area contributed by atoms with Crippen LogP contribution < -0.4 is 29.6 Å². The number of methoxy groups -OCH3 is 1.